The van der Waals surface area contributed by atoms with E-state index in [0.717, 1.165) is 6.07 Å². The van der Waals surface area contributed by atoms with Crippen LogP contribution in [0.4, 0.5) is 23.2 Å². The first kappa shape index (κ1) is 15.6. The summed E-state index contributed by atoms with van der Waals surface area (Å²) in [5.41, 5.74) is -1.31. The zero-order chi connectivity index (χ0) is 15.5. The average Bonchev–Trinajstić information content (AvgIpc) is 2.45. The third kappa shape index (κ3) is 4.07. The van der Waals surface area contributed by atoms with E-state index >= 15 is 0 Å². The molecule has 1 aromatic carbocycles. The summed E-state index contributed by atoms with van der Waals surface area (Å²) in [4.78, 5) is 13.3. The smallest absolute Gasteiger partial charge is 0.378 e. The number of alkyl halides is 3. The van der Waals surface area contributed by atoms with E-state index in [1.807, 2.05) is 0 Å². The lowest BCUT2D eigenvalue weighted by Crippen LogP contribution is -2.43. The lowest BCUT2D eigenvalue weighted by atomic mass is 10.2. The molecular formula is C13H14F4N2O2. The Morgan fingerprint density at radius 1 is 1.29 bits per heavy atom. The van der Waals surface area contributed by atoms with Crippen molar-refractivity contribution in [3.05, 3.63) is 29.6 Å². The number of hydrogen-bond donors (Lipinski definition) is 1. The fourth-order valence-electron chi connectivity index (χ4n) is 1.93. The van der Waals surface area contributed by atoms with Crippen LogP contribution in [0.25, 0.3) is 0 Å². The molecule has 4 nitrogen and oxygen atoms in total. The quantitative estimate of drug-likeness (QED) is 0.870. The molecule has 2 rings (SSSR count). The second-order valence-electron chi connectivity index (χ2n) is 4.54. The normalized spacial score (nSPS) is 15.9. The number of nitrogens with one attached hydrogen (secondary N) is 1. The molecule has 1 fully saturated rings. The molecule has 8 heteroatoms. The van der Waals surface area contributed by atoms with Crippen molar-refractivity contribution in [1.29, 1.82) is 0 Å². The summed E-state index contributed by atoms with van der Waals surface area (Å²) in [7, 11) is 0. The van der Waals surface area contributed by atoms with Crippen molar-refractivity contribution in [2.75, 3.05) is 38.2 Å². The molecule has 0 aromatic heterocycles. The zero-order valence-electron chi connectivity index (χ0n) is 11.0. The Morgan fingerprint density at radius 2 is 1.95 bits per heavy atom. The van der Waals surface area contributed by atoms with Gasteiger partial charge < -0.3 is 15.0 Å². The van der Waals surface area contributed by atoms with Crippen LogP contribution in [-0.2, 0) is 15.7 Å². The van der Waals surface area contributed by atoms with Gasteiger partial charge in [0.25, 0.3) is 0 Å². The summed E-state index contributed by atoms with van der Waals surface area (Å²) in [5, 5.41) is 2.42. The maximum absolute atomic E-state index is 13.5. The van der Waals surface area contributed by atoms with E-state index in [-0.39, 0.29) is 18.1 Å². The second-order valence-corrected chi connectivity index (χ2v) is 4.54. The van der Waals surface area contributed by atoms with Crippen LogP contribution in [0.1, 0.15) is 5.56 Å². The van der Waals surface area contributed by atoms with Gasteiger partial charge in [0.15, 0.2) is 0 Å². The molecule has 0 spiro atoms. The van der Waals surface area contributed by atoms with E-state index in [1.165, 1.54) is 4.90 Å². The Balaban J connectivity index is 2.00. The van der Waals surface area contributed by atoms with Crippen molar-refractivity contribution in [3.63, 3.8) is 0 Å². The van der Waals surface area contributed by atoms with Gasteiger partial charge in [0.05, 0.1) is 31.0 Å². The molecule has 1 saturated heterocycles. The minimum absolute atomic E-state index is 0.266. The monoisotopic (exact) mass is 306 g/mol. The Labute approximate surface area is 118 Å². The first-order chi connectivity index (χ1) is 9.88. The molecule has 1 aromatic rings. The second kappa shape index (κ2) is 6.30. The van der Waals surface area contributed by atoms with Crippen LogP contribution in [0.3, 0.4) is 0 Å². The molecule has 1 N–H and O–H groups in total. The van der Waals surface area contributed by atoms with E-state index in [1.54, 1.807) is 0 Å². The van der Waals surface area contributed by atoms with Crippen LogP contribution < -0.4 is 5.32 Å². The molecular weight excluding hydrogens is 292 g/mol. The van der Waals surface area contributed by atoms with Crippen LogP contribution in [0.15, 0.2) is 18.2 Å². The van der Waals surface area contributed by atoms with E-state index in [4.69, 9.17) is 4.74 Å². The predicted molar refractivity (Wildman–Crippen MR) is 67.3 cm³/mol. The molecule has 1 heterocycles. The molecule has 21 heavy (non-hydrogen) atoms. The Hall–Kier alpha value is -1.83. The number of hydrogen-bond acceptors (Lipinski definition) is 3. The molecule has 116 valence electrons. The molecule has 0 atom stereocenters. The Bertz CT molecular complexity index is 513. The van der Waals surface area contributed by atoms with Gasteiger partial charge in [0, 0.05) is 13.1 Å². The molecule has 0 radical (unpaired) electrons. The highest BCUT2D eigenvalue weighted by atomic mass is 19.4. The Morgan fingerprint density at radius 3 is 2.57 bits per heavy atom. The lowest BCUT2D eigenvalue weighted by Gasteiger charge is -2.27. The predicted octanol–water partition coefficient (Wildman–Crippen LogP) is 2.12. The molecule has 0 bridgehead atoms. The minimum atomic E-state index is -4.56. The number of ether oxygens (including phenoxy) is 1. The Kier molecular flexibility index (Phi) is 4.66. The number of nitrogens with zero attached hydrogens (tertiary/aromatic N) is 1. The summed E-state index contributed by atoms with van der Waals surface area (Å²) < 4.78 is 56.2. The number of benzene rings is 1. The van der Waals surface area contributed by atoms with Gasteiger partial charge in [0.1, 0.15) is 5.82 Å². The molecule has 0 saturated carbocycles. The number of halogens is 4. The fraction of sp³-hybridized carbons (Fsp3) is 0.462. The van der Waals surface area contributed by atoms with Gasteiger partial charge in [-0.2, -0.15) is 13.2 Å². The van der Waals surface area contributed by atoms with E-state index < -0.39 is 17.6 Å². The van der Waals surface area contributed by atoms with Crippen molar-refractivity contribution in [3.8, 4) is 0 Å². The largest absolute Gasteiger partial charge is 0.416 e. The van der Waals surface area contributed by atoms with Crippen LogP contribution in [0, 0.1) is 5.82 Å². The highest BCUT2D eigenvalue weighted by Gasteiger charge is 2.31. The summed E-state index contributed by atoms with van der Waals surface area (Å²) in [6, 6.07) is 2.04. The van der Waals surface area contributed by atoms with Gasteiger partial charge in [-0.25, -0.2) is 4.39 Å². The van der Waals surface area contributed by atoms with Crippen molar-refractivity contribution in [2.45, 2.75) is 6.18 Å². The summed E-state index contributed by atoms with van der Waals surface area (Å²) in [6.07, 6.45) is -4.56. The van der Waals surface area contributed by atoms with Crippen LogP contribution >= 0.6 is 0 Å². The fourth-order valence-corrected chi connectivity index (χ4v) is 1.93. The minimum Gasteiger partial charge on any atom is -0.378 e. The van der Waals surface area contributed by atoms with Gasteiger partial charge in [0.2, 0.25) is 5.91 Å². The molecule has 0 aliphatic carbocycles. The number of amides is 1. The maximum Gasteiger partial charge on any atom is 0.416 e. The number of morpholine rings is 1. The van der Waals surface area contributed by atoms with Crippen molar-refractivity contribution < 1.29 is 27.1 Å². The van der Waals surface area contributed by atoms with Gasteiger partial charge in [-0.1, -0.05) is 0 Å². The maximum atomic E-state index is 13.5. The molecule has 1 aliphatic heterocycles. The van der Waals surface area contributed by atoms with E-state index in [0.29, 0.717) is 38.4 Å². The first-order valence-corrected chi connectivity index (χ1v) is 6.34. The molecule has 0 unspecified atom stereocenters. The summed E-state index contributed by atoms with van der Waals surface area (Å²) >= 11 is 0. The lowest BCUT2D eigenvalue weighted by molar-refractivity contribution is -0.137. The van der Waals surface area contributed by atoms with Gasteiger partial charge >= 0.3 is 6.18 Å². The van der Waals surface area contributed by atoms with E-state index in [2.05, 4.69) is 5.32 Å². The SMILES string of the molecule is O=C(CNc1cc(C(F)(F)F)ccc1F)N1CCOCC1. The highest BCUT2D eigenvalue weighted by Crippen LogP contribution is 2.31. The van der Waals surface area contributed by atoms with Crippen molar-refractivity contribution >= 4 is 11.6 Å². The first-order valence-electron chi connectivity index (χ1n) is 6.34. The third-order valence-electron chi connectivity index (χ3n) is 3.09. The molecule has 1 amide bonds. The average molecular weight is 306 g/mol. The topological polar surface area (TPSA) is 41.6 Å². The van der Waals surface area contributed by atoms with Gasteiger partial charge in [-0.15, -0.1) is 0 Å². The van der Waals surface area contributed by atoms with Gasteiger partial charge in [-0.05, 0) is 18.2 Å². The highest BCUT2D eigenvalue weighted by molar-refractivity contribution is 5.81. The van der Waals surface area contributed by atoms with Crippen LogP contribution in [-0.4, -0.2) is 43.7 Å². The molecule has 1 aliphatic rings. The van der Waals surface area contributed by atoms with Crippen LogP contribution in [0.2, 0.25) is 0 Å². The number of carbonyl (C=O) groups excluding carboxylic acids is 1. The number of carbonyl (C=O) groups is 1. The summed E-state index contributed by atoms with van der Waals surface area (Å²) in [6.45, 7) is 1.42. The van der Waals surface area contributed by atoms with Gasteiger partial charge in [-0.3, -0.25) is 4.79 Å². The van der Waals surface area contributed by atoms with Crippen molar-refractivity contribution in [1.82, 2.24) is 4.90 Å². The van der Waals surface area contributed by atoms with E-state index in [9.17, 15) is 22.4 Å². The van der Waals surface area contributed by atoms with Crippen LogP contribution in [0.5, 0.6) is 0 Å². The number of rotatable bonds is 3. The number of anilines is 1. The zero-order valence-corrected chi connectivity index (χ0v) is 11.0. The third-order valence-corrected chi connectivity index (χ3v) is 3.09. The summed E-state index contributed by atoms with van der Waals surface area (Å²) in [5.74, 6) is -1.15. The van der Waals surface area contributed by atoms with Crippen molar-refractivity contribution in [2.24, 2.45) is 0 Å². The standard InChI is InChI=1S/C13H14F4N2O2/c14-10-2-1-9(13(15,16)17)7-11(10)18-8-12(20)19-3-5-21-6-4-19/h1-2,7,18H,3-6,8H2.